The molecule has 3 aromatic rings. The normalized spacial score (nSPS) is 11.0. The number of phenolic OH excluding ortho intramolecular Hbond substituents is 1. The lowest BCUT2D eigenvalue weighted by Gasteiger charge is -2.09. The number of anilines is 1. The molecule has 0 saturated heterocycles. The summed E-state index contributed by atoms with van der Waals surface area (Å²) in [5.41, 5.74) is 4.11. The number of carbonyl (C=O) groups excluding carboxylic acids is 1. The van der Waals surface area contributed by atoms with Crippen molar-refractivity contribution in [3.05, 3.63) is 57.4 Å². The SMILES string of the molecule is Cc1ccc(O)c(NC(=O)c2c(C)nc3c(Br)cc(C)cn23)c1. The standard InChI is InChI=1S/C17H16BrN3O2/c1-9-4-5-14(22)13(7-9)20-17(23)15-11(3)19-16-12(18)6-10(2)8-21(15)16/h4-8,22H,1-3H3,(H,20,23). The van der Waals surface area contributed by atoms with Crippen LogP contribution in [0, 0.1) is 20.8 Å². The molecular formula is C17H16BrN3O2. The number of aryl methyl sites for hydroxylation is 3. The summed E-state index contributed by atoms with van der Waals surface area (Å²) in [5.74, 6) is -0.277. The van der Waals surface area contributed by atoms with E-state index in [0.29, 0.717) is 22.7 Å². The predicted molar refractivity (Wildman–Crippen MR) is 93.2 cm³/mol. The zero-order chi connectivity index (χ0) is 16.7. The number of carbonyl (C=O) groups is 1. The number of nitrogens with one attached hydrogen (secondary N) is 1. The fraction of sp³-hybridized carbons (Fsp3) is 0.176. The Morgan fingerprint density at radius 1 is 1.22 bits per heavy atom. The van der Waals surface area contributed by atoms with Crippen LogP contribution in [0.5, 0.6) is 5.75 Å². The van der Waals surface area contributed by atoms with Crippen molar-refractivity contribution in [1.82, 2.24) is 9.38 Å². The Morgan fingerprint density at radius 3 is 2.70 bits per heavy atom. The highest BCUT2D eigenvalue weighted by molar-refractivity contribution is 9.10. The van der Waals surface area contributed by atoms with E-state index in [-0.39, 0.29) is 11.7 Å². The number of pyridine rings is 1. The van der Waals surface area contributed by atoms with Gasteiger partial charge in [0.25, 0.3) is 5.91 Å². The Hall–Kier alpha value is -2.34. The Kier molecular flexibility index (Phi) is 3.85. The summed E-state index contributed by atoms with van der Waals surface area (Å²) in [6, 6.07) is 7.03. The molecule has 0 atom stereocenters. The molecule has 5 nitrogen and oxygen atoms in total. The summed E-state index contributed by atoms with van der Waals surface area (Å²) in [5, 5.41) is 12.7. The van der Waals surface area contributed by atoms with Crippen molar-refractivity contribution < 1.29 is 9.90 Å². The van der Waals surface area contributed by atoms with Crippen LogP contribution < -0.4 is 5.32 Å². The van der Waals surface area contributed by atoms with Crippen molar-refractivity contribution in [3.63, 3.8) is 0 Å². The highest BCUT2D eigenvalue weighted by atomic mass is 79.9. The first kappa shape index (κ1) is 15.6. The van der Waals surface area contributed by atoms with Crippen LogP contribution in [0.4, 0.5) is 5.69 Å². The molecule has 0 fully saturated rings. The van der Waals surface area contributed by atoms with Crippen LogP contribution in [0.25, 0.3) is 5.65 Å². The molecule has 0 aliphatic carbocycles. The molecule has 0 unspecified atom stereocenters. The predicted octanol–water partition coefficient (Wildman–Crippen LogP) is 3.98. The largest absolute Gasteiger partial charge is 0.506 e. The number of halogens is 1. The molecule has 0 radical (unpaired) electrons. The fourth-order valence-corrected chi connectivity index (χ4v) is 3.19. The maximum absolute atomic E-state index is 12.7. The summed E-state index contributed by atoms with van der Waals surface area (Å²) >= 11 is 3.48. The Balaban J connectivity index is 2.08. The molecule has 1 aromatic carbocycles. The number of rotatable bonds is 2. The van der Waals surface area contributed by atoms with Gasteiger partial charge in [0.15, 0.2) is 5.65 Å². The maximum atomic E-state index is 12.7. The number of fused-ring (bicyclic) bond motifs is 1. The maximum Gasteiger partial charge on any atom is 0.274 e. The highest BCUT2D eigenvalue weighted by Crippen LogP contribution is 2.26. The van der Waals surface area contributed by atoms with Crippen LogP contribution in [0.15, 0.2) is 34.9 Å². The molecule has 6 heteroatoms. The summed E-state index contributed by atoms with van der Waals surface area (Å²) < 4.78 is 2.59. The number of imidazole rings is 1. The summed E-state index contributed by atoms with van der Waals surface area (Å²) in [6.07, 6.45) is 1.87. The van der Waals surface area contributed by atoms with E-state index in [9.17, 15) is 9.90 Å². The van der Waals surface area contributed by atoms with Gasteiger partial charge in [0.2, 0.25) is 0 Å². The molecule has 3 rings (SSSR count). The third kappa shape index (κ3) is 2.82. The van der Waals surface area contributed by atoms with Crippen LogP contribution in [-0.2, 0) is 0 Å². The quantitative estimate of drug-likeness (QED) is 0.667. The van der Waals surface area contributed by atoms with E-state index >= 15 is 0 Å². The van der Waals surface area contributed by atoms with E-state index < -0.39 is 0 Å². The third-order valence-corrected chi connectivity index (χ3v) is 4.19. The number of amides is 1. The van der Waals surface area contributed by atoms with E-state index in [1.807, 2.05) is 26.1 Å². The van der Waals surface area contributed by atoms with Crippen molar-refractivity contribution in [2.24, 2.45) is 0 Å². The third-order valence-electron chi connectivity index (χ3n) is 3.60. The van der Waals surface area contributed by atoms with Crippen LogP contribution in [0.1, 0.15) is 27.3 Å². The van der Waals surface area contributed by atoms with Crippen molar-refractivity contribution in [1.29, 1.82) is 0 Å². The molecule has 0 saturated carbocycles. The van der Waals surface area contributed by atoms with Gasteiger partial charge in [-0.05, 0) is 66.0 Å². The van der Waals surface area contributed by atoms with Crippen LogP contribution in [0.3, 0.4) is 0 Å². The average molecular weight is 374 g/mol. The highest BCUT2D eigenvalue weighted by Gasteiger charge is 2.19. The number of hydrogen-bond acceptors (Lipinski definition) is 3. The lowest BCUT2D eigenvalue weighted by Crippen LogP contribution is -2.16. The first-order valence-electron chi connectivity index (χ1n) is 7.12. The lowest BCUT2D eigenvalue weighted by molar-refractivity contribution is 0.102. The van der Waals surface area contributed by atoms with E-state index in [0.717, 1.165) is 15.6 Å². The molecule has 118 valence electrons. The second kappa shape index (κ2) is 5.70. The lowest BCUT2D eigenvalue weighted by atomic mass is 10.2. The van der Waals surface area contributed by atoms with Gasteiger partial charge in [-0.3, -0.25) is 9.20 Å². The number of phenols is 1. The minimum atomic E-state index is -0.312. The monoisotopic (exact) mass is 373 g/mol. The molecule has 0 aliphatic heterocycles. The van der Waals surface area contributed by atoms with E-state index in [4.69, 9.17) is 0 Å². The Morgan fingerprint density at radius 2 is 1.96 bits per heavy atom. The minimum Gasteiger partial charge on any atom is -0.506 e. The molecule has 23 heavy (non-hydrogen) atoms. The van der Waals surface area contributed by atoms with E-state index in [1.165, 1.54) is 0 Å². The smallest absolute Gasteiger partial charge is 0.274 e. The van der Waals surface area contributed by atoms with E-state index in [2.05, 4.69) is 26.2 Å². The van der Waals surface area contributed by atoms with Gasteiger partial charge < -0.3 is 10.4 Å². The Labute approximate surface area is 142 Å². The number of nitrogens with zero attached hydrogens (tertiary/aromatic N) is 2. The van der Waals surface area contributed by atoms with Gasteiger partial charge in [-0.2, -0.15) is 0 Å². The van der Waals surface area contributed by atoms with Gasteiger partial charge >= 0.3 is 0 Å². The molecule has 0 spiro atoms. The Bertz CT molecular complexity index is 931. The van der Waals surface area contributed by atoms with Crippen LogP contribution >= 0.6 is 15.9 Å². The van der Waals surface area contributed by atoms with Gasteiger partial charge in [0.05, 0.1) is 15.9 Å². The minimum absolute atomic E-state index is 0.0350. The molecule has 1 amide bonds. The molecule has 2 heterocycles. The van der Waals surface area contributed by atoms with Crippen LogP contribution in [-0.4, -0.2) is 20.4 Å². The van der Waals surface area contributed by atoms with Gasteiger partial charge in [-0.25, -0.2) is 4.98 Å². The number of benzene rings is 1. The molecule has 2 N–H and O–H groups in total. The van der Waals surface area contributed by atoms with Crippen LogP contribution in [0.2, 0.25) is 0 Å². The first-order valence-corrected chi connectivity index (χ1v) is 7.92. The topological polar surface area (TPSA) is 66.6 Å². The number of hydrogen-bond donors (Lipinski definition) is 2. The summed E-state index contributed by atoms with van der Waals surface area (Å²) in [4.78, 5) is 17.1. The zero-order valence-corrected chi connectivity index (χ0v) is 14.6. The van der Waals surface area contributed by atoms with Gasteiger partial charge in [-0.1, -0.05) is 6.07 Å². The zero-order valence-electron chi connectivity index (χ0n) is 13.0. The molecule has 0 bridgehead atoms. The summed E-state index contributed by atoms with van der Waals surface area (Å²) in [7, 11) is 0. The van der Waals surface area contributed by atoms with Crippen molar-refractivity contribution >= 4 is 33.2 Å². The average Bonchev–Trinajstić information content (AvgIpc) is 2.79. The molecule has 0 aliphatic rings. The second-order valence-corrected chi connectivity index (χ2v) is 6.43. The van der Waals surface area contributed by atoms with Crippen molar-refractivity contribution in [2.75, 3.05) is 5.32 Å². The van der Waals surface area contributed by atoms with Gasteiger partial charge in [-0.15, -0.1) is 0 Å². The fourth-order valence-electron chi connectivity index (χ4n) is 2.55. The van der Waals surface area contributed by atoms with Gasteiger partial charge in [0, 0.05) is 6.20 Å². The number of aromatic hydroxyl groups is 1. The van der Waals surface area contributed by atoms with Crippen molar-refractivity contribution in [3.8, 4) is 5.75 Å². The molecular weight excluding hydrogens is 358 g/mol. The second-order valence-electron chi connectivity index (χ2n) is 5.58. The van der Waals surface area contributed by atoms with E-state index in [1.54, 1.807) is 29.5 Å². The summed E-state index contributed by atoms with van der Waals surface area (Å²) in [6.45, 7) is 5.64. The number of aromatic nitrogens is 2. The molecule has 2 aromatic heterocycles. The van der Waals surface area contributed by atoms with Gasteiger partial charge in [0.1, 0.15) is 11.4 Å². The first-order chi connectivity index (χ1) is 10.9. The van der Waals surface area contributed by atoms with Crippen molar-refractivity contribution in [2.45, 2.75) is 20.8 Å².